The molecule has 0 atom stereocenters. The monoisotopic (exact) mass is 371 g/mol. The van der Waals surface area contributed by atoms with Crippen LogP contribution in [0.4, 0.5) is 5.69 Å². The summed E-state index contributed by atoms with van der Waals surface area (Å²) in [6.45, 7) is 4.20. The molecule has 2 nitrogen and oxygen atoms in total. The van der Waals surface area contributed by atoms with Gasteiger partial charge in [0.15, 0.2) is 0 Å². The molecule has 2 rings (SSSR count). The first-order valence-electron chi connectivity index (χ1n) is 5.75. The Kier molecular flexibility index (Phi) is 4.40. The Morgan fingerprint density at radius 3 is 2.72 bits per heavy atom. The number of carbonyl (C=O) groups excluding carboxylic acids is 1. The van der Waals surface area contributed by atoms with Crippen molar-refractivity contribution in [2.24, 2.45) is 0 Å². The molecule has 0 fully saturated rings. The van der Waals surface area contributed by atoms with Gasteiger partial charge in [0.1, 0.15) is 0 Å². The molecule has 0 unspecified atom stereocenters. The van der Waals surface area contributed by atoms with Gasteiger partial charge >= 0.3 is 0 Å². The van der Waals surface area contributed by atoms with E-state index in [2.05, 4.69) is 47.8 Å². The molecule has 0 bridgehead atoms. The van der Waals surface area contributed by atoms with E-state index in [1.54, 1.807) is 11.3 Å². The molecule has 0 radical (unpaired) electrons. The summed E-state index contributed by atoms with van der Waals surface area (Å²) in [5, 5.41) is 4.81. The molecule has 1 N–H and O–H groups in total. The highest BCUT2D eigenvalue weighted by atomic mass is 127. The Morgan fingerprint density at radius 1 is 1.39 bits per heavy atom. The van der Waals surface area contributed by atoms with Crippen LogP contribution in [0.5, 0.6) is 0 Å². The summed E-state index contributed by atoms with van der Waals surface area (Å²) in [5.41, 5.74) is 4.12. The molecule has 1 aromatic carbocycles. The number of thiophene rings is 1. The van der Waals surface area contributed by atoms with E-state index in [-0.39, 0.29) is 5.91 Å². The summed E-state index contributed by atoms with van der Waals surface area (Å²) in [6.07, 6.45) is 1.02. The lowest BCUT2D eigenvalue weighted by atomic mass is 10.1. The lowest BCUT2D eigenvalue weighted by molar-refractivity contribution is 0.102. The van der Waals surface area contributed by atoms with Gasteiger partial charge in [-0.2, -0.15) is 0 Å². The van der Waals surface area contributed by atoms with Gasteiger partial charge in [-0.3, -0.25) is 4.79 Å². The van der Waals surface area contributed by atoms with Crippen LogP contribution in [0, 0.1) is 9.81 Å². The quantitative estimate of drug-likeness (QED) is 0.793. The van der Waals surface area contributed by atoms with Crippen molar-refractivity contribution in [1.82, 2.24) is 0 Å². The summed E-state index contributed by atoms with van der Waals surface area (Å²) in [5.74, 6) is -0.0437. The molecule has 1 amide bonds. The number of anilines is 1. The smallest absolute Gasteiger partial charge is 0.256 e. The topological polar surface area (TPSA) is 29.1 Å². The Labute approximate surface area is 125 Å². The molecule has 0 aliphatic heterocycles. The Bertz CT molecular complexity index is 577. The van der Waals surface area contributed by atoms with E-state index in [0.717, 1.165) is 20.6 Å². The average molecular weight is 371 g/mol. The second-order valence-electron chi connectivity index (χ2n) is 4.09. The van der Waals surface area contributed by atoms with Crippen LogP contribution in [0.2, 0.25) is 0 Å². The molecule has 0 spiro atoms. The van der Waals surface area contributed by atoms with E-state index < -0.39 is 0 Å². The third kappa shape index (κ3) is 3.11. The predicted molar refractivity (Wildman–Crippen MR) is 85.5 cm³/mol. The molecule has 18 heavy (non-hydrogen) atoms. The van der Waals surface area contributed by atoms with Gasteiger partial charge in [0.05, 0.1) is 8.45 Å². The Hall–Kier alpha value is -0.880. The number of hydrogen-bond donors (Lipinski definition) is 1. The van der Waals surface area contributed by atoms with Crippen LogP contribution in [0.15, 0.2) is 29.6 Å². The summed E-state index contributed by atoms with van der Waals surface area (Å²) >= 11 is 3.80. The van der Waals surface area contributed by atoms with Gasteiger partial charge in [0.2, 0.25) is 0 Å². The Morgan fingerprint density at radius 2 is 2.17 bits per heavy atom. The minimum absolute atomic E-state index is 0.0437. The first kappa shape index (κ1) is 13.5. The molecule has 2 aromatic rings. The fourth-order valence-corrected chi connectivity index (χ4v) is 3.13. The number of aryl methyl sites for hydroxylation is 2. The number of benzene rings is 1. The second-order valence-corrected chi connectivity index (χ2v) is 6.89. The third-order valence-corrected chi connectivity index (χ3v) is 4.60. The van der Waals surface area contributed by atoms with Crippen molar-refractivity contribution in [3.63, 3.8) is 0 Å². The number of carbonyl (C=O) groups is 1. The van der Waals surface area contributed by atoms with Crippen molar-refractivity contribution < 1.29 is 4.79 Å². The van der Waals surface area contributed by atoms with Crippen LogP contribution in [-0.4, -0.2) is 5.91 Å². The number of rotatable bonds is 3. The number of amides is 1. The molecular weight excluding hydrogens is 357 g/mol. The lowest BCUT2D eigenvalue weighted by Gasteiger charge is -2.08. The number of hydrogen-bond acceptors (Lipinski definition) is 2. The average Bonchev–Trinajstić information content (AvgIpc) is 2.76. The van der Waals surface area contributed by atoms with E-state index in [0.29, 0.717) is 0 Å². The van der Waals surface area contributed by atoms with Crippen LogP contribution < -0.4 is 5.32 Å². The summed E-state index contributed by atoms with van der Waals surface area (Å²) in [6, 6.07) is 7.95. The minimum atomic E-state index is -0.0437. The van der Waals surface area contributed by atoms with Crippen LogP contribution in [0.25, 0.3) is 0 Å². The highest BCUT2D eigenvalue weighted by Gasteiger charge is 2.08. The maximum absolute atomic E-state index is 12.0. The lowest BCUT2D eigenvalue weighted by Crippen LogP contribution is -2.11. The molecule has 0 aliphatic rings. The molecule has 4 heteroatoms. The molecule has 1 aromatic heterocycles. The number of nitrogens with one attached hydrogen (secondary N) is 1. The van der Waals surface area contributed by atoms with E-state index >= 15 is 0 Å². The number of halogens is 1. The van der Waals surface area contributed by atoms with E-state index in [9.17, 15) is 4.79 Å². The van der Waals surface area contributed by atoms with Gasteiger partial charge in [-0.1, -0.05) is 13.0 Å². The van der Waals surface area contributed by atoms with Crippen molar-refractivity contribution in [2.75, 3.05) is 5.32 Å². The molecule has 0 saturated heterocycles. The fraction of sp³-hybridized carbons (Fsp3) is 0.214. The zero-order valence-corrected chi connectivity index (χ0v) is 13.3. The zero-order valence-electron chi connectivity index (χ0n) is 10.3. The van der Waals surface area contributed by atoms with Crippen LogP contribution >= 0.6 is 33.9 Å². The fourth-order valence-electron chi connectivity index (χ4n) is 1.80. The molecule has 0 saturated carbocycles. The van der Waals surface area contributed by atoms with Gasteiger partial charge in [-0.25, -0.2) is 0 Å². The van der Waals surface area contributed by atoms with E-state index in [4.69, 9.17) is 0 Å². The van der Waals surface area contributed by atoms with Crippen LogP contribution in [0.3, 0.4) is 0 Å². The maximum atomic E-state index is 12.0. The van der Waals surface area contributed by atoms with Crippen LogP contribution in [-0.2, 0) is 6.42 Å². The summed E-state index contributed by atoms with van der Waals surface area (Å²) in [4.78, 5) is 12.0. The SMILES string of the molecule is CCc1ccc(NC(=O)c2csc(I)c2)cc1C. The van der Waals surface area contributed by atoms with Crippen molar-refractivity contribution >= 4 is 45.5 Å². The highest BCUT2D eigenvalue weighted by Crippen LogP contribution is 2.19. The maximum Gasteiger partial charge on any atom is 0.256 e. The zero-order chi connectivity index (χ0) is 13.1. The summed E-state index contributed by atoms with van der Waals surface area (Å²) < 4.78 is 1.12. The molecule has 94 valence electrons. The van der Waals surface area contributed by atoms with E-state index in [1.807, 2.05) is 23.6 Å². The first-order valence-corrected chi connectivity index (χ1v) is 7.71. The van der Waals surface area contributed by atoms with Crippen LogP contribution in [0.1, 0.15) is 28.4 Å². The standard InChI is InChI=1S/C14H14INOS/c1-3-10-4-5-12(6-9(10)2)16-14(17)11-7-13(15)18-8-11/h4-8H,3H2,1-2H3,(H,16,17). The van der Waals surface area contributed by atoms with Crippen molar-refractivity contribution in [3.8, 4) is 0 Å². The Balaban J connectivity index is 2.14. The first-order chi connectivity index (χ1) is 8.60. The minimum Gasteiger partial charge on any atom is -0.322 e. The molecule has 0 aliphatic carbocycles. The van der Waals surface area contributed by atoms with Gasteiger partial charge in [0.25, 0.3) is 5.91 Å². The van der Waals surface area contributed by atoms with Crippen molar-refractivity contribution in [2.45, 2.75) is 20.3 Å². The third-order valence-electron chi connectivity index (χ3n) is 2.81. The highest BCUT2D eigenvalue weighted by molar-refractivity contribution is 14.1. The van der Waals surface area contributed by atoms with E-state index in [1.165, 1.54) is 11.1 Å². The normalized spacial score (nSPS) is 10.4. The largest absolute Gasteiger partial charge is 0.322 e. The predicted octanol–water partition coefficient (Wildman–Crippen LogP) is 4.48. The van der Waals surface area contributed by atoms with Gasteiger partial charge in [-0.05, 0) is 65.3 Å². The summed E-state index contributed by atoms with van der Waals surface area (Å²) in [7, 11) is 0. The van der Waals surface area contributed by atoms with Crippen molar-refractivity contribution in [3.05, 3.63) is 49.2 Å². The van der Waals surface area contributed by atoms with Gasteiger partial charge < -0.3 is 5.32 Å². The molecule has 1 heterocycles. The molecular formula is C14H14INOS. The van der Waals surface area contributed by atoms with Gasteiger partial charge in [0, 0.05) is 11.1 Å². The van der Waals surface area contributed by atoms with Crippen molar-refractivity contribution in [1.29, 1.82) is 0 Å². The second kappa shape index (κ2) is 5.84. The van der Waals surface area contributed by atoms with Gasteiger partial charge in [-0.15, -0.1) is 11.3 Å².